The minimum absolute atomic E-state index is 0.0979. The molecule has 1 atom stereocenters. The molecule has 2 aromatic rings. The molecule has 0 saturated carbocycles. The minimum atomic E-state index is -0.237. The third kappa shape index (κ3) is 3.93. The van der Waals surface area contributed by atoms with Gasteiger partial charge in [-0.2, -0.15) is 0 Å². The van der Waals surface area contributed by atoms with Crippen LogP contribution in [-0.4, -0.2) is 59.6 Å². The van der Waals surface area contributed by atoms with E-state index in [1.165, 1.54) is 0 Å². The Balaban J connectivity index is 1.80. The number of hydrogen-bond acceptors (Lipinski definition) is 6. The lowest BCUT2D eigenvalue weighted by Crippen LogP contribution is -2.42. The summed E-state index contributed by atoms with van der Waals surface area (Å²) in [4.78, 5) is 29.4. The maximum atomic E-state index is 12.7. The average Bonchev–Trinajstić information content (AvgIpc) is 2.60. The van der Waals surface area contributed by atoms with Gasteiger partial charge in [-0.15, -0.1) is 0 Å². The second-order valence-corrected chi connectivity index (χ2v) is 6.39. The monoisotopic (exact) mass is 341 g/mol. The van der Waals surface area contributed by atoms with E-state index in [4.69, 9.17) is 4.74 Å². The van der Waals surface area contributed by atoms with Gasteiger partial charge in [0, 0.05) is 38.2 Å². The molecule has 0 aromatic carbocycles. The highest BCUT2D eigenvalue weighted by Crippen LogP contribution is 2.25. The predicted molar refractivity (Wildman–Crippen MR) is 94.7 cm³/mol. The normalized spacial score (nSPS) is 17.4. The van der Waals surface area contributed by atoms with E-state index in [0.717, 1.165) is 17.1 Å². The molecule has 0 N–H and O–H groups in total. The van der Waals surface area contributed by atoms with Crippen LogP contribution < -0.4 is 4.90 Å². The topological polar surface area (TPSA) is 71.5 Å². The van der Waals surface area contributed by atoms with Crippen molar-refractivity contribution in [2.75, 3.05) is 38.7 Å². The molecule has 1 fully saturated rings. The Morgan fingerprint density at radius 2 is 2.08 bits per heavy atom. The van der Waals surface area contributed by atoms with Gasteiger partial charge in [0.05, 0.1) is 18.8 Å². The number of carbonyl (C=O) groups excluding carboxylic acids is 1. The van der Waals surface area contributed by atoms with Gasteiger partial charge in [-0.3, -0.25) is 9.78 Å². The molecule has 7 nitrogen and oxygen atoms in total. The summed E-state index contributed by atoms with van der Waals surface area (Å²) in [6.45, 7) is 5.23. The molecule has 3 heterocycles. The molecule has 0 radical (unpaired) electrons. The lowest BCUT2D eigenvalue weighted by Gasteiger charge is -2.33. The van der Waals surface area contributed by atoms with Crippen molar-refractivity contribution in [2.45, 2.75) is 20.0 Å². The van der Waals surface area contributed by atoms with Crippen LogP contribution in [0.3, 0.4) is 0 Å². The Morgan fingerprint density at radius 3 is 2.80 bits per heavy atom. The van der Waals surface area contributed by atoms with Gasteiger partial charge in [0.1, 0.15) is 17.6 Å². The number of pyridine rings is 1. The first kappa shape index (κ1) is 17.3. The number of anilines is 1. The Morgan fingerprint density at radius 1 is 1.28 bits per heavy atom. The fourth-order valence-electron chi connectivity index (χ4n) is 2.85. The average molecular weight is 341 g/mol. The number of morpholine rings is 1. The fourth-order valence-corrected chi connectivity index (χ4v) is 2.85. The van der Waals surface area contributed by atoms with E-state index >= 15 is 0 Å². The second kappa shape index (κ2) is 7.14. The molecule has 3 rings (SSSR count). The number of ether oxygens (including phenoxy) is 1. The van der Waals surface area contributed by atoms with Crippen molar-refractivity contribution in [3.05, 3.63) is 47.3 Å². The summed E-state index contributed by atoms with van der Waals surface area (Å²) < 4.78 is 5.89. The minimum Gasteiger partial charge on any atom is -0.378 e. The third-order valence-corrected chi connectivity index (χ3v) is 4.15. The van der Waals surface area contributed by atoms with E-state index < -0.39 is 0 Å². The molecule has 1 saturated heterocycles. The van der Waals surface area contributed by atoms with Gasteiger partial charge in [-0.25, -0.2) is 9.97 Å². The zero-order valence-electron chi connectivity index (χ0n) is 15.1. The number of rotatable bonds is 3. The molecule has 25 heavy (non-hydrogen) atoms. The second-order valence-electron chi connectivity index (χ2n) is 6.39. The van der Waals surface area contributed by atoms with Crippen molar-refractivity contribution >= 4 is 11.6 Å². The van der Waals surface area contributed by atoms with Crippen LogP contribution in [0, 0.1) is 13.8 Å². The van der Waals surface area contributed by atoms with Gasteiger partial charge < -0.3 is 14.5 Å². The lowest BCUT2D eigenvalue weighted by molar-refractivity contribution is -0.0249. The van der Waals surface area contributed by atoms with E-state index in [2.05, 4.69) is 15.0 Å². The predicted octanol–water partition coefficient (Wildman–Crippen LogP) is 1.77. The molecule has 0 bridgehead atoms. The smallest absolute Gasteiger partial charge is 0.272 e. The van der Waals surface area contributed by atoms with E-state index in [1.54, 1.807) is 24.1 Å². The molecule has 0 spiro atoms. The lowest BCUT2D eigenvalue weighted by atomic mass is 10.1. The Kier molecular flexibility index (Phi) is 4.94. The number of aryl methyl sites for hydroxylation is 2. The Hall–Kier alpha value is -2.54. The maximum Gasteiger partial charge on any atom is 0.272 e. The molecular weight excluding hydrogens is 318 g/mol. The molecule has 1 amide bonds. The van der Waals surface area contributed by atoms with Gasteiger partial charge in [-0.1, -0.05) is 0 Å². The Labute approximate surface area is 147 Å². The largest absolute Gasteiger partial charge is 0.378 e. The molecule has 0 aliphatic carbocycles. The standard InChI is InChI=1S/C18H23N5O2/c1-12-9-14(22(3)4)10-16(20-12)17-11-23(7-8-25-17)18(24)15-5-6-19-13(2)21-15/h5-6,9-10,17H,7-8,11H2,1-4H3/t17-/m1/s1. The number of amides is 1. The third-order valence-electron chi connectivity index (χ3n) is 4.15. The zero-order chi connectivity index (χ0) is 18.0. The van der Waals surface area contributed by atoms with Crippen molar-refractivity contribution in [3.8, 4) is 0 Å². The van der Waals surface area contributed by atoms with Gasteiger partial charge in [0.25, 0.3) is 5.91 Å². The molecule has 0 unspecified atom stereocenters. The summed E-state index contributed by atoms with van der Waals surface area (Å²) >= 11 is 0. The summed E-state index contributed by atoms with van der Waals surface area (Å²) in [5.74, 6) is 0.492. The first-order valence-electron chi connectivity index (χ1n) is 8.30. The molecule has 1 aliphatic rings. The highest BCUT2D eigenvalue weighted by Gasteiger charge is 2.28. The van der Waals surface area contributed by atoms with Crippen LogP contribution in [0.1, 0.15) is 33.8 Å². The van der Waals surface area contributed by atoms with Crippen LogP contribution in [0.4, 0.5) is 5.69 Å². The summed E-state index contributed by atoms with van der Waals surface area (Å²) in [5, 5.41) is 0. The number of nitrogens with zero attached hydrogens (tertiary/aromatic N) is 5. The highest BCUT2D eigenvalue weighted by molar-refractivity contribution is 5.92. The van der Waals surface area contributed by atoms with Crippen LogP contribution in [0.2, 0.25) is 0 Å². The maximum absolute atomic E-state index is 12.7. The molecule has 1 aliphatic heterocycles. The SMILES string of the molecule is Cc1cc(N(C)C)cc([C@H]2CN(C(=O)c3ccnc(C)n3)CCO2)n1. The van der Waals surface area contributed by atoms with E-state index in [0.29, 0.717) is 31.2 Å². The first-order chi connectivity index (χ1) is 11.9. The van der Waals surface area contributed by atoms with E-state index in [-0.39, 0.29) is 12.0 Å². The van der Waals surface area contributed by atoms with Gasteiger partial charge in [0.2, 0.25) is 0 Å². The summed E-state index contributed by atoms with van der Waals surface area (Å²) in [6, 6.07) is 5.69. The van der Waals surface area contributed by atoms with Crippen molar-refractivity contribution in [1.82, 2.24) is 19.9 Å². The fraction of sp³-hybridized carbons (Fsp3) is 0.444. The van der Waals surface area contributed by atoms with Crippen LogP contribution in [0.25, 0.3) is 0 Å². The molecule has 132 valence electrons. The number of carbonyl (C=O) groups is 1. The van der Waals surface area contributed by atoms with Crippen LogP contribution >= 0.6 is 0 Å². The van der Waals surface area contributed by atoms with Crippen molar-refractivity contribution in [3.63, 3.8) is 0 Å². The van der Waals surface area contributed by atoms with Crippen LogP contribution in [0.5, 0.6) is 0 Å². The number of hydrogen-bond donors (Lipinski definition) is 0. The van der Waals surface area contributed by atoms with Gasteiger partial charge >= 0.3 is 0 Å². The van der Waals surface area contributed by atoms with E-state index in [1.807, 2.05) is 38.1 Å². The summed E-state index contributed by atoms with van der Waals surface area (Å²) in [7, 11) is 3.99. The molecule has 2 aromatic heterocycles. The van der Waals surface area contributed by atoms with E-state index in [9.17, 15) is 4.79 Å². The first-order valence-corrected chi connectivity index (χ1v) is 8.30. The Bertz CT molecular complexity index is 778. The quantitative estimate of drug-likeness (QED) is 0.847. The molecular formula is C18H23N5O2. The van der Waals surface area contributed by atoms with Crippen molar-refractivity contribution < 1.29 is 9.53 Å². The van der Waals surface area contributed by atoms with Crippen molar-refractivity contribution in [2.24, 2.45) is 0 Å². The highest BCUT2D eigenvalue weighted by atomic mass is 16.5. The zero-order valence-corrected chi connectivity index (χ0v) is 15.1. The summed E-state index contributed by atoms with van der Waals surface area (Å²) in [5.41, 5.74) is 3.26. The van der Waals surface area contributed by atoms with Crippen molar-refractivity contribution in [1.29, 1.82) is 0 Å². The van der Waals surface area contributed by atoms with Crippen LogP contribution in [0.15, 0.2) is 24.4 Å². The van der Waals surface area contributed by atoms with Gasteiger partial charge in [-0.05, 0) is 32.0 Å². The summed E-state index contributed by atoms with van der Waals surface area (Å²) in [6.07, 6.45) is 1.37. The number of aromatic nitrogens is 3. The van der Waals surface area contributed by atoms with Crippen LogP contribution in [-0.2, 0) is 4.74 Å². The van der Waals surface area contributed by atoms with Gasteiger partial charge in [0.15, 0.2) is 0 Å². The molecule has 7 heteroatoms.